The average Bonchev–Trinajstić information content (AvgIpc) is 3.24. The zero-order valence-corrected chi connectivity index (χ0v) is 22.2. The normalized spacial score (nSPS) is 19.9. The van der Waals surface area contributed by atoms with Gasteiger partial charge < -0.3 is 15.0 Å². The highest BCUT2D eigenvalue weighted by atomic mass is 35.5. The number of hydrogen-bond donors (Lipinski definition) is 1. The molecule has 2 aliphatic rings. The predicted molar refractivity (Wildman–Crippen MR) is 139 cm³/mol. The van der Waals surface area contributed by atoms with Crippen LogP contribution in [-0.4, -0.2) is 65.0 Å². The molecule has 3 amide bonds. The van der Waals surface area contributed by atoms with Crippen molar-refractivity contribution in [3.8, 4) is 0 Å². The summed E-state index contributed by atoms with van der Waals surface area (Å²) < 4.78 is 6.26. The van der Waals surface area contributed by atoms with Crippen LogP contribution in [0.2, 0.25) is 10.0 Å². The van der Waals surface area contributed by atoms with E-state index < -0.39 is 11.8 Å². The first-order valence-electron chi connectivity index (χ1n) is 12.2. The Kier molecular flexibility index (Phi) is 7.93. The molecule has 2 aromatic rings. The maximum absolute atomic E-state index is 13.9. The number of hydrogen-bond acceptors (Lipinski definition) is 4. The highest BCUT2D eigenvalue weighted by Crippen LogP contribution is 2.39. The van der Waals surface area contributed by atoms with Crippen LogP contribution in [0.5, 0.6) is 0 Å². The highest BCUT2D eigenvalue weighted by molar-refractivity contribution is 6.42. The molecule has 1 spiro atoms. The van der Waals surface area contributed by atoms with Gasteiger partial charge in [0.15, 0.2) is 0 Å². The molecule has 2 unspecified atom stereocenters. The number of nitrogens with zero attached hydrogens (tertiary/aromatic N) is 2. The predicted octanol–water partition coefficient (Wildman–Crippen LogP) is 4.69. The molecular formula is C27H31Cl2N3O4. The van der Waals surface area contributed by atoms with Gasteiger partial charge in [-0.15, -0.1) is 0 Å². The molecule has 0 radical (unpaired) electrons. The molecule has 2 fully saturated rings. The number of likely N-dealkylation sites (tertiary alicyclic amines) is 1. The van der Waals surface area contributed by atoms with E-state index in [0.29, 0.717) is 47.1 Å². The Morgan fingerprint density at radius 3 is 2.42 bits per heavy atom. The lowest BCUT2D eigenvalue weighted by atomic mass is 9.95. The topological polar surface area (TPSA) is 79.0 Å². The van der Waals surface area contributed by atoms with Crippen molar-refractivity contribution in [3.05, 3.63) is 69.2 Å². The van der Waals surface area contributed by atoms with E-state index in [-0.39, 0.29) is 30.4 Å². The summed E-state index contributed by atoms with van der Waals surface area (Å²) in [5.74, 6) is -0.624. The second-order valence-electron chi connectivity index (χ2n) is 9.50. The van der Waals surface area contributed by atoms with E-state index in [1.54, 1.807) is 34.1 Å². The average molecular weight is 532 g/mol. The summed E-state index contributed by atoms with van der Waals surface area (Å²) in [5.41, 5.74) is 0.854. The second-order valence-corrected chi connectivity index (χ2v) is 10.3. The SMILES string of the molecule is CCC(C)NC(=O)C1COC2(CCN(C(=O)c3ccc(Cl)c(Cl)c3)CC2)N1C(=O)c1ccccc1C. The molecule has 0 bridgehead atoms. The molecule has 4 rings (SSSR count). The Morgan fingerprint density at radius 2 is 1.78 bits per heavy atom. The van der Waals surface area contributed by atoms with E-state index in [4.69, 9.17) is 27.9 Å². The standard InChI is InChI=1S/C27H31Cl2N3O4/c1-4-18(3)30-24(33)23-16-36-27(32(23)26(35)20-8-6-5-7-17(20)2)11-13-31(14-12-27)25(34)19-9-10-21(28)22(29)15-19/h5-10,15,18,23H,4,11-14,16H2,1-3H3,(H,30,33). The molecule has 2 atom stereocenters. The van der Waals surface area contributed by atoms with Crippen LogP contribution in [0.4, 0.5) is 0 Å². The summed E-state index contributed by atoms with van der Waals surface area (Å²) in [6.45, 7) is 6.66. The monoisotopic (exact) mass is 531 g/mol. The van der Waals surface area contributed by atoms with Gasteiger partial charge in [-0.05, 0) is 50.1 Å². The number of carbonyl (C=O) groups is 3. The van der Waals surface area contributed by atoms with Gasteiger partial charge in [-0.2, -0.15) is 0 Å². The lowest BCUT2D eigenvalue weighted by molar-refractivity contribution is -0.128. The van der Waals surface area contributed by atoms with Crippen LogP contribution in [0.1, 0.15) is 59.4 Å². The van der Waals surface area contributed by atoms with E-state index in [9.17, 15) is 14.4 Å². The third-order valence-corrected chi connectivity index (χ3v) is 7.90. The van der Waals surface area contributed by atoms with Gasteiger partial charge in [0.1, 0.15) is 11.8 Å². The largest absolute Gasteiger partial charge is 0.353 e. The number of amides is 3. The van der Waals surface area contributed by atoms with Crippen LogP contribution in [0.25, 0.3) is 0 Å². The van der Waals surface area contributed by atoms with Crippen LogP contribution < -0.4 is 5.32 Å². The molecule has 36 heavy (non-hydrogen) atoms. The smallest absolute Gasteiger partial charge is 0.257 e. The first-order valence-corrected chi connectivity index (χ1v) is 13.0. The lowest BCUT2D eigenvalue weighted by Gasteiger charge is -2.44. The van der Waals surface area contributed by atoms with Gasteiger partial charge in [0.05, 0.1) is 16.7 Å². The van der Waals surface area contributed by atoms with Crippen molar-refractivity contribution in [2.45, 2.75) is 57.8 Å². The van der Waals surface area contributed by atoms with Gasteiger partial charge in [-0.1, -0.05) is 48.3 Å². The Labute approximate surface area is 221 Å². The first kappa shape index (κ1) is 26.5. The maximum Gasteiger partial charge on any atom is 0.257 e. The van der Waals surface area contributed by atoms with Gasteiger partial charge in [-0.25, -0.2) is 0 Å². The summed E-state index contributed by atoms with van der Waals surface area (Å²) in [5, 5.41) is 3.71. The molecule has 2 aromatic carbocycles. The number of nitrogens with one attached hydrogen (secondary N) is 1. The van der Waals surface area contributed by atoms with Crippen LogP contribution in [-0.2, 0) is 9.53 Å². The van der Waals surface area contributed by atoms with Crippen molar-refractivity contribution >= 4 is 40.9 Å². The first-order chi connectivity index (χ1) is 17.2. The van der Waals surface area contributed by atoms with Gasteiger partial charge in [0, 0.05) is 43.1 Å². The van der Waals surface area contributed by atoms with E-state index in [2.05, 4.69) is 5.32 Å². The van der Waals surface area contributed by atoms with Gasteiger partial charge in [0.2, 0.25) is 5.91 Å². The Morgan fingerprint density at radius 1 is 1.08 bits per heavy atom. The number of benzene rings is 2. The van der Waals surface area contributed by atoms with E-state index >= 15 is 0 Å². The molecule has 192 valence electrons. The van der Waals surface area contributed by atoms with Crippen molar-refractivity contribution < 1.29 is 19.1 Å². The minimum absolute atomic E-state index is 0.0184. The van der Waals surface area contributed by atoms with E-state index in [1.807, 2.05) is 39.0 Å². The summed E-state index contributed by atoms with van der Waals surface area (Å²) in [6.07, 6.45) is 1.57. The zero-order valence-electron chi connectivity index (χ0n) is 20.7. The van der Waals surface area contributed by atoms with Crippen molar-refractivity contribution in [1.29, 1.82) is 0 Å². The van der Waals surface area contributed by atoms with Gasteiger partial charge in [-0.3, -0.25) is 19.3 Å². The Bertz CT molecular complexity index is 1160. The van der Waals surface area contributed by atoms with Crippen LogP contribution in [0, 0.1) is 6.92 Å². The van der Waals surface area contributed by atoms with Gasteiger partial charge >= 0.3 is 0 Å². The molecule has 2 heterocycles. The Hall–Kier alpha value is -2.61. The quantitative estimate of drug-likeness (QED) is 0.606. The second kappa shape index (κ2) is 10.8. The van der Waals surface area contributed by atoms with Crippen molar-refractivity contribution in [2.24, 2.45) is 0 Å². The van der Waals surface area contributed by atoms with Crippen molar-refractivity contribution in [3.63, 3.8) is 0 Å². The maximum atomic E-state index is 13.9. The van der Waals surface area contributed by atoms with E-state index in [1.165, 1.54) is 0 Å². The fraction of sp³-hybridized carbons (Fsp3) is 0.444. The summed E-state index contributed by atoms with van der Waals surface area (Å²) in [4.78, 5) is 43.5. The third-order valence-electron chi connectivity index (χ3n) is 7.16. The summed E-state index contributed by atoms with van der Waals surface area (Å²) in [7, 11) is 0. The van der Waals surface area contributed by atoms with E-state index in [0.717, 1.165) is 12.0 Å². The van der Waals surface area contributed by atoms with Crippen LogP contribution >= 0.6 is 23.2 Å². The fourth-order valence-electron chi connectivity index (χ4n) is 4.82. The zero-order chi connectivity index (χ0) is 26.0. The fourth-order valence-corrected chi connectivity index (χ4v) is 5.12. The summed E-state index contributed by atoms with van der Waals surface area (Å²) in [6, 6.07) is 11.4. The number of rotatable bonds is 5. The molecule has 2 aliphatic heterocycles. The number of aryl methyl sites for hydroxylation is 1. The lowest BCUT2D eigenvalue weighted by Crippen LogP contribution is -2.60. The molecular weight excluding hydrogens is 501 g/mol. The number of ether oxygens (including phenoxy) is 1. The van der Waals surface area contributed by atoms with Crippen LogP contribution in [0.3, 0.4) is 0 Å². The Balaban J connectivity index is 1.59. The molecule has 7 nitrogen and oxygen atoms in total. The third kappa shape index (κ3) is 5.10. The van der Waals surface area contributed by atoms with Gasteiger partial charge in [0.25, 0.3) is 11.8 Å². The summed E-state index contributed by atoms with van der Waals surface area (Å²) >= 11 is 12.1. The molecule has 9 heteroatoms. The number of piperidine rings is 1. The van der Waals surface area contributed by atoms with Crippen molar-refractivity contribution in [1.82, 2.24) is 15.1 Å². The van der Waals surface area contributed by atoms with Crippen molar-refractivity contribution in [2.75, 3.05) is 19.7 Å². The highest BCUT2D eigenvalue weighted by Gasteiger charge is 2.54. The molecule has 0 saturated carbocycles. The molecule has 0 aliphatic carbocycles. The minimum Gasteiger partial charge on any atom is -0.353 e. The number of halogens is 2. The number of carbonyl (C=O) groups excluding carboxylic acids is 3. The molecule has 2 saturated heterocycles. The molecule has 0 aromatic heterocycles. The molecule has 1 N–H and O–H groups in total. The van der Waals surface area contributed by atoms with Crippen LogP contribution in [0.15, 0.2) is 42.5 Å². The minimum atomic E-state index is -0.967.